The molecular weight excluding hydrogens is 300 g/mol. The van der Waals surface area contributed by atoms with E-state index in [0.717, 1.165) is 38.0 Å². The predicted molar refractivity (Wildman–Crippen MR) is 94.6 cm³/mol. The summed E-state index contributed by atoms with van der Waals surface area (Å²) in [5, 5.41) is 3.09. The van der Waals surface area contributed by atoms with Gasteiger partial charge in [-0.3, -0.25) is 4.90 Å². The number of ether oxygens (including phenoxy) is 1. The minimum atomic E-state index is -0.365. The van der Waals surface area contributed by atoms with Gasteiger partial charge in [-0.25, -0.2) is 4.79 Å². The number of hydrogen-bond acceptors (Lipinski definition) is 3. The maximum absolute atomic E-state index is 11.9. The minimum absolute atomic E-state index is 0.346. The van der Waals surface area contributed by atoms with Crippen molar-refractivity contribution in [3.05, 3.63) is 71.8 Å². The Bertz CT molecular complexity index is 650. The molecule has 1 saturated heterocycles. The van der Waals surface area contributed by atoms with Crippen LogP contribution in [0.25, 0.3) is 0 Å². The van der Waals surface area contributed by atoms with Crippen molar-refractivity contribution in [3.63, 3.8) is 0 Å². The van der Waals surface area contributed by atoms with Gasteiger partial charge in [0.05, 0.1) is 12.6 Å². The number of alkyl carbamates (subject to hydrolysis) is 1. The van der Waals surface area contributed by atoms with Crippen LogP contribution in [0.4, 0.5) is 4.79 Å². The quantitative estimate of drug-likeness (QED) is 0.935. The van der Waals surface area contributed by atoms with E-state index < -0.39 is 0 Å². The Morgan fingerprint density at radius 2 is 1.62 bits per heavy atom. The predicted octanol–water partition coefficient (Wildman–Crippen LogP) is 3.53. The van der Waals surface area contributed by atoms with E-state index in [1.165, 1.54) is 12.7 Å². The zero-order valence-electron chi connectivity index (χ0n) is 14.1. The molecular formula is C20H24N2O2. The summed E-state index contributed by atoms with van der Waals surface area (Å²) in [7, 11) is 1.42. The van der Waals surface area contributed by atoms with Gasteiger partial charge in [-0.1, -0.05) is 60.7 Å². The van der Waals surface area contributed by atoms with Gasteiger partial charge in [0.25, 0.3) is 0 Å². The molecule has 0 atom stereocenters. The number of hydrogen-bond donors (Lipinski definition) is 1. The molecule has 2 aromatic rings. The molecule has 1 heterocycles. The Kier molecular flexibility index (Phi) is 5.16. The molecule has 0 spiro atoms. The molecule has 0 unspecified atom stereocenters. The Balaban J connectivity index is 1.72. The average molecular weight is 324 g/mol. The first-order valence-corrected chi connectivity index (χ1v) is 8.40. The van der Waals surface area contributed by atoms with Gasteiger partial charge in [-0.2, -0.15) is 0 Å². The summed E-state index contributed by atoms with van der Waals surface area (Å²) >= 11 is 0. The summed E-state index contributed by atoms with van der Waals surface area (Å²) in [5.41, 5.74) is 2.13. The molecule has 24 heavy (non-hydrogen) atoms. The lowest BCUT2D eigenvalue weighted by molar-refractivity contribution is 0.110. The molecule has 2 aromatic carbocycles. The van der Waals surface area contributed by atoms with Crippen molar-refractivity contribution in [2.45, 2.75) is 24.9 Å². The van der Waals surface area contributed by atoms with Gasteiger partial charge < -0.3 is 10.1 Å². The van der Waals surface area contributed by atoms with Gasteiger partial charge in [0, 0.05) is 19.6 Å². The fourth-order valence-electron chi connectivity index (χ4n) is 3.42. The van der Waals surface area contributed by atoms with Gasteiger partial charge in [0.15, 0.2) is 0 Å². The Hall–Kier alpha value is -2.33. The Morgan fingerprint density at radius 3 is 2.21 bits per heavy atom. The topological polar surface area (TPSA) is 41.6 Å². The van der Waals surface area contributed by atoms with Crippen molar-refractivity contribution >= 4 is 6.09 Å². The number of nitrogens with one attached hydrogen (secondary N) is 1. The van der Waals surface area contributed by atoms with E-state index in [9.17, 15) is 4.79 Å². The van der Waals surface area contributed by atoms with E-state index in [4.69, 9.17) is 4.74 Å². The van der Waals surface area contributed by atoms with Gasteiger partial charge in [0.2, 0.25) is 0 Å². The van der Waals surface area contributed by atoms with Crippen molar-refractivity contribution in [1.29, 1.82) is 0 Å². The highest BCUT2D eigenvalue weighted by atomic mass is 16.5. The molecule has 0 aromatic heterocycles. The van der Waals surface area contributed by atoms with Crippen LogP contribution in [0, 0.1) is 0 Å². The molecule has 1 fully saturated rings. The Morgan fingerprint density at radius 1 is 1.04 bits per heavy atom. The number of carbonyl (C=O) groups excluding carboxylic acids is 1. The zero-order valence-corrected chi connectivity index (χ0v) is 14.1. The van der Waals surface area contributed by atoms with Gasteiger partial charge in [-0.05, 0) is 24.0 Å². The fourth-order valence-corrected chi connectivity index (χ4v) is 3.42. The van der Waals surface area contributed by atoms with Gasteiger partial charge >= 0.3 is 6.09 Å². The van der Waals surface area contributed by atoms with E-state index in [0.29, 0.717) is 0 Å². The third-order valence-corrected chi connectivity index (χ3v) is 4.81. The number of benzene rings is 2. The second kappa shape index (κ2) is 7.49. The second-order valence-electron chi connectivity index (χ2n) is 6.33. The normalized spacial score (nSPS) is 17.2. The summed E-state index contributed by atoms with van der Waals surface area (Å²) in [4.78, 5) is 14.3. The first-order chi connectivity index (χ1) is 11.7. The van der Waals surface area contributed by atoms with E-state index in [1.807, 2.05) is 24.3 Å². The van der Waals surface area contributed by atoms with Crippen molar-refractivity contribution in [1.82, 2.24) is 10.2 Å². The zero-order chi connectivity index (χ0) is 16.8. The molecule has 0 radical (unpaired) electrons. The maximum Gasteiger partial charge on any atom is 0.407 e. The lowest BCUT2D eigenvalue weighted by Crippen LogP contribution is -2.52. The van der Waals surface area contributed by atoms with Gasteiger partial charge in [-0.15, -0.1) is 0 Å². The Labute approximate surface area is 143 Å². The SMILES string of the molecule is COC(=O)NC1(c2ccccc2)CCN(Cc2ccccc2)CC1. The first-order valence-electron chi connectivity index (χ1n) is 8.40. The largest absolute Gasteiger partial charge is 0.453 e. The summed E-state index contributed by atoms with van der Waals surface area (Å²) in [6, 6.07) is 20.7. The lowest BCUT2D eigenvalue weighted by Gasteiger charge is -2.42. The van der Waals surface area contributed by atoms with Crippen molar-refractivity contribution in [3.8, 4) is 0 Å². The molecule has 126 valence electrons. The van der Waals surface area contributed by atoms with Crippen LogP contribution in [-0.2, 0) is 16.8 Å². The van der Waals surface area contributed by atoms with Crippen LogP contribution >= 0.6 is 0 Å². The maximum atomic E-state index is 11.9. The molecule has 1 aliphatic rings. The van der Waals surface area contributed by atoms with Crippen LogP contribution in [-0.4, -0.2) is 31.2 Å². The highest BCUT2D eigenvalue weighted by molar-refractivity contribution is 5.68. The van der Waals surface area contributed by atoms with Crippen LogP contribution < -0.4 is 5.32 Å². The third kappa shape index (κ3) is 3.77. The molecule has 4 nitrogen and oxygen atoms in total. The fraction of sp³-hybridized carbons (Fsp3) is 0.350. The third-order valence-electron chi connectivity index (χ3n) is 4.81. The van der Waals surface area contributed by atoms with E-state index in [-0.39, 0.29) is 11.6 Å². The molecule has 1 aliphatic heterocycles. The molecule has 3 rings (SSSR count). The summed E-state index contributed by atoms with van der Waals surface area (Å²) < 4.78 is 4.86. The monoisotopic (exact) mass is 324 g/mol. The highest BCUT2D eigenvalue weighted by Gasteiger charge is 2.37. The van der Waals surface area contributed by atoms with Crippen LogP contribution in [0.15, 0.2) is 60.7 Å². The number of rotatable bonds is 4. The molecule has 0 saturated carbocycles. The van der Waals surface area contributed by atoms with Crippen LogP contribution in [0.5, 0.6) is 0 Å². The number of carbonyl (C=O) groups is 1. The van der Waals surface area contributed by atoms with Gasteiger partial charge in [0.1, 0.15) is 0 Å². The number of piperidine rings is 1. The van der Waals surface area contributed by atoms with E-state index >= 15 is 0 Å². The van der Waals surface area contributed by atoms with Crippen molar-refractivity contribution in [2.75, 3.05) is 20.2 Å². The minimum Gasteiger partial charge on any atom is -0.453 e. The summed E-state index contributed by atoms with van der Waals surface area (Å²) in [6.45, 7) is 2.82. The number of amides is 1. The van der Waals surface area contributed by atoms with E-state index in [2.05, 4.69) is 46.6 Å². The number of nitrogens with zero attached hydrogens (tertiary/aromatic N) is 1. The summed E-state index contributed by atoms with van der Waals surface area (Å²) in [6.07, 6.45) is 1.38. The number of likely N-dealkylation sites (tertiary alicyclic amines) is 1. The van der Waals surface area contributed by atoms with E-state index in [1.54, 1.807) is 0 Å². The van der Waals surface area contributed by atoms with Crippen molar-refractivity contribution < 1.29 is 9.53 Å². The van der Waals surface area contributed by atoms with Crippen LogP contribution in [0.3, 0.4) is 0 Å². The molecule has 1 amide bonds. The van der Waals surface area contributed by atoms with Crippen LogP contribution in [0.2, 0.25) is 0 Å². The summed E-state index contributed by atoms with van der Waals surface area (Å²) in [5.74, 6) is 0. The standard InChI is InChI=1S/C20H24N2O2/c1-24-19(23)21-20(18-10-6-3-7-11-18)12-14-22(15-13-20)16-17-8-4-2-5-9-17/h2-11H,12-16H2,1H3,(H,21,23). The number of methoxy groups -OCH3 is 1. The highest BCUT2D eigenvalue weighted by Crippen LogP contribution is 2.33. The second-order valence-corrected chi connectivity index (χ2v) is 6.33. The average Bonchev–Trinajstić information content (AvgIpc) is 2.65. The molecule has 0 bridgehead atoms. The molecule has 4 heteroatoms. The lowest BCUT2D eigenvalue weighted by atomic mass is 9.81. The van der Waals surface area contributed by atoms with Crippen molar-refractivity contribution in [2.24, 2.45) is 0 Å². The molecule has 0 aliphatic carbocycles. The molecule has 1 N–H and O–H groups in total. The first kappa shape index (κ1) is 16.5. The smallest absolute Gasteiger partial charge is 0.407 e. The van der Waals surface area contributed by atoms with Crippen LogP contribution in [0.1, 0.15) is 24.0 Å².